The predicted octanol–water partition coefficient (Wildman–Crippen LogP) is 6.16. The van der Waals surface area contributed by atoms with Crippen LogP contribution in [0.2, 0.25) is 0 Å². The lowest BCUT2D eigenvalue weighted by Gasteiger charge is -2.40. The van der Waals surface area contributed by atoms with Gasteiger partial charge in [-0.25, -0.2) is 4.98 Å². The number of benzene rings is 1. The maximum atomic E-state index is 4.21. The van der Waals surface area contributed by atoms with E-state index in [4.69, 9.17) is 0 Å². The molecule has 1 aliphatic heterocycles. The monoisotopic (exact) mass is 388 g/mol. The van der Waals surface area contributed by atoms with Crippen molar-refractivity contribution in [1.82, 2.24) is 9.55 Å². The Morgan fingerprint density at radius 3 is 2.62 bits per heavy atom. The first-order valence-corrected chi connectivity index (χ1v) is 11.6. The molecule has 4 heteroatoms. The van der Waals surface area contributed by atoms with Crippen molar-refractivity contribution >= 4 is 23.5 Å². The van der Waals surface area contributed by atoms with Gasteiger partial charge in [0, 0.05) is 24.2 Å². The zero-order valence-corrected chi connectivity index (χ0v) is 18.2. The first kappa shape index (κ1) is 19.9. The molecule has 0 saturated carbocycles. The average Bonchev–Trinajstić information content (AvgIpc) is 3.14. The maximum absolute atomic E-state index is 4.21. The molecule has 0 N–H and O–H groups in total. The lowest BCUT2D eigenvalue weighted by molar-refractivity contribution is 0.582. The molecule has 1 saturated heterocycles. The molecule has 3 rings (SSSR count). The molecule has 0 radical (unpaired) electrons. The Morgan fingerprint density at radius 1 is 1.23 bits per heavy atom. The summed E-state index contributed by atoms with van der Waals surface area (Å²) in [6, 6.07) is 9.37. The van der Waals surface area contributed by atoms with E-state index in [9.17, 15) is 0 Å². The molecule has 142 valence electrons. The van der Waals surface area contributed by atoms with Crippen LogP contribution >= 0.6 is 23.5 Å². The number of aromatic nitrogens is 2. The Kier molecular flexibility index (Phi) is 6.45. The second-order valence-electron chi connectivity index (χ2n) is 8.37. The zero-order valence-electron chi connectivity index (χ0n) is 16.6. The largest absolute Gasteiger partial charge is 0.337 e. The molecule has 2 aromatic rings. The molecule has 0 bridgehead atoms. The molecule has 1 aliphatic rings. The first-order chi connectivity index (χ1) is 12.4. The third-order valence-electron chi connectivity index (χ3n) is 5.25. The van der Waals surface area contributed by atoms with Crippen LogP contribution in [0.25, 0.3) is 0 Å². The minimum atomic E-state index is 0.222. The van der Waals surface area contributed by atoms with Crippen LogP contribution in [0, 0.1) is 0 Å². The minimum Gasteiger partial charge on any atom is -0.337 e. The number of rotatable bonds is 6. The summed E-state index contributed by atoms with van der Waals surface area (Å²) >= 11 is 4.42. The number of imidazole rings is 1. The van der Waals surface area contributed by atoms with Gasteiger partial charge >= 0.3 is 0 Å². The summed E-state index contributed by atoms with van der Waals surface area (Å²) in [6.07, 6.45) is 10.9. The SMILES string of the molecule is CCC1CCSC(CCn2ccnc2)(Cc2ccc(C(C)(C)C)cc2)S1. The quantitative estimate of drug-likeness (QED) is 0.590. The van der Waals surface area contributed by atoms with E-state index in [1.807, 2.05) is 12.5 Å². The van der Waals surface area contributed by atoms with Crippen LogP contribution in [-0.2, 0) is 18.4 Å². The lowest BCUT2D eigenvalue weighted by atomic mass is 9.86. The molecule has 1 fully saturated rings. The summed E-state index contributed by atoms with van der Waals surface area (Å²) in [7, 11) is 0. The van der Waals surface area contributed by atoms with Gasteiger partial charge in [-0.15, -0.1) is 23.5 Å². The average molecular weight is 389 g/mol. The fraction of sp³-hybridized carbons (Fsp3) is 0.591. The number of nitrogens with zero attached hydrogens (tertiary/aromatic N) is 2. The molecule has 0 aliphatic carbocycles. The number of aryl methyl sites for hydroxylation is 1. The van der Waals surface area contributed by atoms with E-state index in [-0.39, 0.29) is 9.49 Å². The predicted molar refractivity (Wildman–Crippen MR) is 117 cm³/mol. The smallest absolute Gasteiger partial charge is 0.0945 e. The number of hydrogen-bond donors (Lipinski definition) is 0. The maximum Gasteiger partial charge on any atom is 0.0945 e. The number of hydrogen-bond acceptors (Lipinski definition) is 3. The molecule has 2 unspecified atom stereocenters. The molecule has 26 heavy (non-hydrogen) atoms. The Balaban J connectivity index is 1.76. The van der Waals surface area contributed by atoms with Crippen LogP contribution in [0.4, 0.5) is 0 Å². The van der Waals surface area contributed by atoms with Gasteiger partial charge in [-0.2, -0.15) is 0 Å². The van der Waals surface area contributed by atoms with Crippen LogP contribution in [-0.4, -0.2) is 24.6 Å². The van der Waals surface area contributed by atoms with Crippen molar-refractivity contribution in [2.24, 2.45) is 0 Å². The number of thioether (sulfide) groups is 2. The highest BCUT2D eigenvalue weighted by atomic mass is 32.2. The third kappa shape index (κ3) is 5.10. The Labute approximate surface area is 167 Å². The zero-order chi connectivity index (χ0) is 18.6. The van der Waals surface area contributed by atoms with Crippen LogP contribution in [0.3, 0.4) is 0 Å². The third-order valence-corrected chi connectivity index (χ3v) is 8.88. The summed E-state index contributed by atoms with van der Waals surface area (Å²) in [5.74, 6) is 1.29. The van der Waals surface area contributed by atoms with E-state index in [1.165, 1.54) is 36.1 Å². The van der Waals surface area contributed by atoms with Gasteiger partial charge in [0.05, 0.1) is 10.4 Å². The molecular formula is C22H32N2S2. The summed E-state index contributed by atoms with van der Waals surface area (Å²) < 4.78 is 2.51. The van der Waals surface area contributed by atoms with Crippen LogP contribution in [0.5, 0.6) is 0 Å². The van der Waals surface area contributed by atoms with Crippen molar-refractivity contribution in [3.8, 4) is 0 Å². The van der Waals surface area contributed by atoms with Crippen LogP contribution in [0.15, 0.2) is 43.0 Å². The fourth-order valence-corrected chi connectivity index (χ4v) is 7.35. The summed E-state index contributed by atoms with van der Waals surface area (Å²) in [6.45, 7) is 10.2. The highest BCUT2D eigenvalue weighted by Crippen LogP contribution is 2.51. The van der Waals surface area contributed by atoms with E-state index in [2.05, 4.69) is 91.2 Å². The van der Waals surface area contributed by atoms with Gasteiger partial charge in [0.2, 0.25) is 0 Å². The molecule has 1 aromatic heterocycles. The summed E-state index contributed by atoms with van der Waals surface area (Å²) in [5, 5.41) is 0.799. The van der Waals surface area contributed by atoms with E-state index in [0.29, 0.717) is 0 Å². The van der Waals surface area contributed by atoms with E-state index in [1.54, 1.807) is 0 Å². The summed E-state index contributed by atoms with van der Waals surface area (Å²) in [4.78, 5) is 4.21. The molecular weight excluding hydrogens is 356 g/mol. The highest BCUT2D eigenvalue weighted by molar-refractivity contribution is 8.19. The van der Waals surface area contributed by atoms with Gasteiger partial charge in [-0.3, -0.25) is 0 Å². The van der Waals surface area contributed by atoms with Crippen molar-refractivity contribution in [2.45, 2.75) is 74.7 Å². The Bertz CT molecular complexity index is 673. The van der Waals surface area contributed by atoms with E-state index >= 15 is 0 Å². The van der Waals surface area contributed by atoms with E-state index in [0.717, 1.165) is 18.2 Å². The highest BCUT2D eigenvalue weighted by Gasteiger charge is 2.37. The van der Waals surface area contributed by atoms with Gasteiger partial charge < -0.3 is 4.57 Å². The molecule has 0 spiro atoms. The van der Waals surface area contributed by atoms with Crippen molar-refractivity contribution in [1.29, 1.82) is 0 Å². The van der Waals surface area contributed by atoms with Crippen molar-refractivity contribution in [3.63, 3.8) is 0 Å². The van der Waals surface area contributed by atoms with Gasteiger partial charge in [0.15, 0.2) is 0 Å². The first-order valence-electron chi connectivity index (χ1n) is 9.77. The van der Waals surface area contributed by atoms with Crippen molar-refractivity contribution in [3.05, 3.63) is 54.1 Å². The van der Waals surface area contributed by atoms with Gasteiger partial charge in [-0.05, 0) is 48.0 Å². The normalized spacial score (nSPS) is 23.9. The van der Waals surface area contributed by atoms with Gasteiger partial charge in [-0.1, -0.05) is 52.0 Å². The Hall–Kier alpha value is -0.870. The van der Waals surface area contributed by atoms with Crippen molar-refractivity contribution in [2.75, 3.05) is 5.75 Å². The second-order valence-corrected chi connectivity index (χ2v) is 11.8. The minimum absolute atomic E-state index is 0.222. The van der Waals surface area contributed by atoms with Crippen LogP contribution in [0.1, 0.15) is 58.1 Å². The molecule has 2 atom stereocenters. The standard InChI is InChI=1S/C22H32N2S2/c1-5-20-10-15-25-22(26-20,11-13-24-14-12-23-17-24)16-18-6-8-19(9-7-18)21(2,3)4/h6-9,12,14,17,20H,5,10-11,13,15-16H2,1-4H3. The molecule has 2 heterocycles. The van der Waals surface area contributed by atoms with Gasteiger partial charge in [0.1, 0.15) is 0 Å². The van der Waals surface area contributed by atoms with Crippen molar-refractivity contribution < 1.29 is 0 Å². The molecule has 1 aromatic carbocycles. The summed E-state index contributed by atoms with van der Waals surface area (Å²) in [5.41, 5.74) is 3.11. The molecule has 2 nitrogen and oxygen atoms in total. The van der Waals surface area contributed by atoms with E-state index < -0.39 is 0 Å². The lowest BCUT2D eigenvalue weighted by Crippen LogP contribution is -2.33. The second kappa shape index (κ2) is 8.43. The van der Waals surface area contributed by atoms with Crippen LogP contribution < -0.4 is 0 Å². The van der Waals surface area contributed by atoms with Gasteiger partial charge in [0.25, 0.3) is 0 Å². The molecule has 0 amide bonds. The topological polar surface area (TPSA) is 17.8 Å². The fourth-order valence-electron chi connectivity index (χ4n) is 3.52. The Morgan fingerprint density at radius 2 is 2.00 bits per heavy atom.